The second kappa shape index (κ2) is 6.21. The highest BCUT2D eigenvalue weighted by molar-refractivity contribution is 7.92. The smallest absolute Gasteiger partial charge is 0.240 e. The molecule has 9 heteroatoms. The number of hydrogen-bond donors (Lipinski definition) is 1. The Bertz CT molecular complexity index is 599. The van der Waals surface area contributed by atoms with Crippen molar-refractivity contribution in [1.82, 2.24) is 10.2 Å². The quantitative estimate of drug-likeness (QED) is 0.694. The van der Waals surface area contributed by atoms with Crippen LogP contribution in [0.25, 0.3) is 0 Å². The maximum absolute atomic E-state index is 12.4. The van der Waals surface area contributed by atoms with E-state index in [1.807, 2.05) is 0 Å². The van der Waals surface area contributed by atoms with Gasteiger partial charge in [-0.2, -0.15) is 0 Å². The fraction of sp³-hybridized carbons (Fsp3) is 0.917. The number of carbonyl (C=O) groups excluding carboxylic acids is 1. The Hall–Kier alpha value is -0.670. The van der Waals surface area contributed by atoms with Crippen LogP contribution in [0.3, 0.4) is 0 Å². The zero-order valence-corrected chi connectivity index (χ0v) is 13.7. The van der Waals surface area contributed by atoms with Crippen LogP contribution in [-0.2, 0) is 24.5 Å². The van der Waals surface area contributed by atoms with Crippen molar-refractivity contribution in [3.63, 3.8) is 0 Å². The molecule has 0 aliphatic carbocycles. The molecule has 0 bridgehead atoms. The van der Waals surface area contributed by atoms with E-state index in [-0.39, 0.29) is 36.3 Å². The molecule has 2 aliphatic rings. The van der Waals surface area contributed by atoms with Crippen molar-refractivity contribution in [2.75, 3.05) is 37.4 Å². The SMILES string of the molecule is CNC1CS(=O)(=O)CCN(CC2CCCCS2(=O)=O)C1=O. The molecule has 2 saturated heterocycles. The van der Waals surface area contributed by atoms with Crippen LogP contribution in [0.5, 0.6) is 0 Å². The molecule has 2 aliphatic heterocycles. The van der Waals surface area contributed by atoms with Crippen molar-refractivity contribution in [3.05, 3.63) is 0 Å². The van der Waals surface area contributed by atoms with Gasteiger partial charge in [0, 0.05) is 13.1 Å². The first-order valence-electron chi connectivity index (χ1n) is 7.13. The Morgan fingerprint density at radius 1 is 1.19 bits per heavy atom. The Labute approximate surface area is 125 Å². The molecule has 2 rings (SSSR count). The van der Waals surface area contributed by atoms with Crippen LogP contribution in [0.15, 0.2) is 0 Å². The van der Waals surface area contributed by atoms with Gasteiger partial charge in [0.1, 0.15) is 6.04 Å². The van der Waals surface area contributed by atoms with Crippen LogP contribution in [0.1, 0.15) is 19.3 Å². The summed E-state index contributed by atoms with van der Waals surface area (Å²) in [4.78, 5) is 13.8. The number of nitrogens with zero attached hydrogens (tertiary/aromatic N) is 1. The third kappa shape index (κ3) is 3.95. The summed E-state index contributed by atoms with van der Waals surface area (Å²) < 4.78 is 47.7. The highest BCUT2D eigenvalue weighted by Crippen LogP contribution is 2.21. The first-order valence-corrected chi connectivity index (χ1v) is 10.7. The molecule has 0 saturated carbocycles. The van der Waals surface area contributed by atoms with Gasteiger partial charge in [-0.25, -0.2) is 16.8 Å². The average Bonchev–Trinajstić information content (AvgIpc) is 2.51. The standard InChI is InChI=1S/C12H22N2O5S2/c1-13-11-9-20(16,17)7-5-14(12(11)15)8-10-4-2-3-6-21(10,18)19/h10-11,13H,2-9H2,1H3. The number of nitrogens with one attached hydrogen (secondary N) is 1. The van der Waals surface area contributed by atoms with Gasteiger partial charge in [-0.05, 0) is 19.9 Å². The van der Waals surface area contributed by atoms with Crippen molar-refractivity contribution in [1.29, 1.82) is 0 Å². The molecule has 2 heterocycles. The molecular formula is C12H22N2O5S2. The summed E-state index contributed by atoms with van der Waals surface area (Å²) in [5.41, 5.74) is 0. The van der Waals surface area contributed by atoms with E-state index in [4.69, 9.17) is 0 Å². The number of amides is 1. The van der Waals surface area contributed by atoms with Gasteiger partial charge in [0.05, 0.1) is 22.5 Å². The molecule has 2 fully saturated rings. The first-order chi connectivity index (χ1) is 9.75. The van der Waals surface area contributed by atoms with E-state index < -0.39 is 31.0 Å². The zero-order valence-electron chi connectivity index (χ0n) is 12.1. The minimum absolute atomic E-state index is 0.0748. The van der Waals surface area contributed by atoms with Gasteiger partial charge in [0.25, 0.3) is 0 Å². The molecule has 0 spiro atoms. The summed E-state index contributed by atoms with van der Waals surface area (Å²) in [6.07, 6.45) is 2.04. The Balaban J connectivity index is 2.16. The summed E-state index contributed by atoms with van der Waals surface area (Å²) in [5, 5.41) is 2.16. The van der Waals surface area contributed by atoms with E-state index >= 15 is 0 Å². The minimum atomic E-state index is -3.29. The van der Waals surface area contributed by atoms with Crippen molar-refractivity contribution in [2.45, 2.75) is 30.6 Å². The molecule has 0 aromatic carbocycles. The van der Waals surface area contributed by atoms with Crippen molar-refractivity contribution >= 4 is 25.6 Å². The van der Waals surface area contributed by atoms with E-state index in [1.54, 1.807) is 7.05 Å². The third-order valence-corrected chi connectivity index (χ3v) is 8.09. The average molecular weight is 338 g/mol. The number of carbonyl (C=O) groups is 1. The summed E-state index contributed by atoms with van der Waals surface area (Å²) in [5.74, 6) is -0.493. The molecule has 1 N–H and O–H groups in total. The first kappa shape index (κ1) is 16.7. The van der Waals surface area contributed by atoms with Crippen LogP contribution >= 0.6 is 0 Å². The summed E-state index contributed by atoms with van der Waals surface area (Å²) in [6, 6.07) is -0.788. The monoisotopic (exact) mass is 338 g/mol. The fourth-order valence-corrected chi connectivity index (χ4v) is 6.20. The van der Waals surface area contributed by atoms with Gasteiger partial charge in [-0.1, -0.05) is 6.42 Å². The third-order valence-electron chi connectivity index (χ3n) is 4.19. The van der Waals surface area contributed by atoms with Crippen LogP contribution in [0, 0.1) is 0 Å². The zero-order chi connectivity index (χ0) is 15.7. The van der Waals surface area contributed by atoms with Crippen molar-refractivity contribution in [3.8, 4) is 0 Å². The molecule has 21 heavy (non-hydrogen) atoms. The maximum Gasteiger partial charge on any atom is 0.240 e. The van der Waals surface area contributed by atoms with Gasteiger partial charge in [-0.15, -0.1) is 0 Å². The van der Waals surface area contributed by atoms with E-state index in [2.05, 4.69) is 5.32 Å². The molecule has 122 valence electrons. The van der Waals surface area contributed by atoms with Gasteiger partial charge in [-0.3, -0.25) is 4.79 Å². The number of rotatable bonds is 3. The van der Waals surface area contributed by atoms with Gasteiger partial charge < -0.3 is 10.2 Å². The summed E-state index contributed by atoms with van der Waals surface area (Å²) in [7, 11) is -4.92. The largest absolute Gasteiger partial charge is 0.339 e. The van der Waals surface area contributed by atoms with Crippen LogP contribution in [0.2, 0.25) is 0 Å². The van der Waals surface area contributed by atoms with Crippen molar-refractivity contribution in [2.24, 2.45) is 0 Å². The Morgan fingerprint density at radius 2 is 1.90 bits per heavy atom. The molecular weight excluding hydrogens is 316 g/mol. The lowest BCUT2D eigenvalue weighted by Crippen LogP contribution is -2.50. The summed E-state index contributed by atoms with van der Waals surface area (Å²) in [6.45, 7) is 0.181. The lowest BCUT2D eigenvalue weighted by Gasteiger charge is -2.30. The second-order valence-corrected chi connectivity index (χ2v) is 10.4. The van der Waals surface area contributed by atoms with Crippen molar-refractivity contribution < 1.29 is 21.6 Å². The lowest BCUT2D eigenvalue weighted by molar-refractivity contribution is -0.132. The highest BCUT2D eigenvalue weighted by Gasteiger charge is 2.37. The van der Waals surface area contributed by atoms with E-state index in [0.29, 0.717) is 12.8 Å². The van der Waals surface area contributed by atoms with E-state index in [0.717, 1.165) is 6.42 Å². The number of likely N-dealkylation sites (N-methyl/N-ethyl adjacent to an activating group) is 1. The lowest BCUT2D eigenvalue weighted by atomic mass is 10.1. The predicted molar refractivity (Wildman–Crippen MR) is 79.5 cm³/mol. The molecule has 2 atom stereocenters. The number of sulfone groups is 2. The second-order valence-electron chi connectivity index (χ2n) is 5.72. The van der Waals surface area contributed by atoms with Gasteiger partial charge in [0.15, 0.2) is 19.7 Å². The maximum atomic E-state index is 12.4. The van der Waals surface area contributed by atoms with Crippen LogP contribution in [-0.4, -0.2) is 76.3 Å². The summed E-state index contributed by atoms with van der Waals surface area (Å²) >= 11 is 0. The normalized spacial score (nSPS) is 32.6. The minimum Gasteiger partial charge on any atom is -0.339 e. The van der Waals surface area contributed by atoms with Crippen LogP contribution < -0.4 is 5.32 Å². The van der Waals surface area contributed by atoms with E-state index in [1.165, 1.54) is 4.90 Å². The Kier molecular flexibility index (Phi) is 4.94. The van der Waals surface area contributed by atoms with Gasteiger partial charge in [0.2, 0.25) is 5.91 Å². The fourth-order valence-electron chi connectivity index (χ4n) is 2.85. The van der Waals surface area contributed by atoms with Gasteiger partial charge >= 0.3 is 0 Å². The molecule has 7 nitrogen and oxygen atoms in total. The predicted octanol–water partition coefficient (Wildman–Crippen LogP) is -1.20. The van der Waals surface area contributed by atoms with E-state index in [9.17, 15) is 21.6 Å². The Morgan fingerprint density at radius 3 is 2.52 bits per heavy atom. The molecule has 2 unspecified atom stereocenters. The highest BCUT2D eigenvalue weighted by atomic mass is 32.2. The number of hydrogen-bond acceptors (Lipinski definition) is 6. The molecule has 0 aromatic rings. The molecule has 1 amide bonds. The van der Waals surface area contributed by atoms with Crippen LogP contribution in [0.4, 0.5) is 0 Å². The molecule has 0 aromatic heterocycles. The topological polar surface area (TPSA) is 101 Å². The molecule has 0 radical (unpaired) electrons.